The van der Waals surface area contributed by atoms with Crippen LogP contribution in [0.15, 0.2) is 77.8 Å². The van der Waals surface area contributed by atoms with Crippen molar-refractivity contribution in [1.29, 1.82) is 0 Å². The zero-order chi connectivity index (χ0) is 34.0. The number of halogens is 1. The molecule has 1 N–H and O–H groups in total. The Morgan fingerprint density at radius 2 is 1.79 bits per heavy atom. The molecule has 0 aliphatic carbocycles. The topological polar surface area (TPSA) is 104 Å². The molecule has 0 fully saturated rings. The maximum Gasteiger partial charge on any atom is 0.257 e. The van der Waals surface area contributed by atoms with Crippen LogP contribution in [0.2, 0.25) is 5.02 Å². The van der Waals surface area contributed by atoms with Crippen molar-refractivity contribution in [3.63, 3.8) is 0 Å². The molecule has 2 amide bonds. The number of aromatic nitrogens is 1. The molecule has 2 heterocycles. The van der Waals surface area contributed by atoms with Crippen LogP contribution in [0.3, 0.4) is 0 Å². The van der Waals surface area contributed by atoms with Gasteiger partial charge >= 0.3 is 0 Å². The molecule has 3 atom stereocenters. The van der Waals surface area contributed by atoms with Gasteiger partial charge in [-0.15, -0.1) is 0 Å². The van der Waals surface area contributed by atoms with Crippen molar-refractivity contribution in [3.05, 3.63) is 89.1 Å². The van der Waals surface area contributed by atoms with Gasteiger partial charge in [-0.25, -0.2) is 8.42 Å². The fourth-order valence-electron chi connectivity index (χ4n) is 6.13. The van der Waals surface area contributed by atoms with Crippen molar-refractivity contribution in [2.24, 2.45) is 13.0 Å². The first kappa shape index (κ1) is 34.4. The summed E-state index contributed by atoms with van der Waals surface area (Å²) in [6, 6.07) is 18.9. The van der Waals surface area contributed by atoms with E-state index in [4.69, 9.17) is 16.3 Å². The number of fused-ring (bicyclic) bond motifs is 2. The van der Waals surface area contributed by atoms with Crippen LogP contribution in [0.1, 0.15) is 29.8 Å². The number of sulfonamides is 1. The lowest BCUT2D eigenvalue weighted by Crippen LogP contribution is -2.51. The average Bonchev–Trinajstić information content (AvgIpc) is 3.33. The number of rotatable bonds is 10. The summed E-state index contributed by atoms with van der Waals surface area (Å²) in [5.41, 5.74) is 2.73. The molecule has 3 aromatic carbocycles. The third kappa shape index (κ3) is 7.65. The molecule has 1 aromatic heterocycles. The Balaban J connectivity index is 1.43. The lowest BCUT2D eigenvalue weighted by Gasteiger charge is -2.39. The molecule has 0 unspecified atom stereocenters. The van der Waals surface area contributed by atoms with Crippen LogP contribution in [0.25, 0.3) is 10.9 Å². The number of para-hydroxylation sites is 1. The summed E-state index contributed by atoms with van der Waals surface area (Å²) < 4.78 is 36.6. The van der Waals surface area contributed by atoms with Gasteiger partial charge in [0, 0.05) is 67.0 Å². The van der Waals surface area contributed by atoms with E-state index in [0.717, 1.165) is 16.5 Å². The summed E-state index contributed by atoms with van der Waals surface area (Å²) >= 11 is 5.99. The number of hydrogen-bond donors (Lipinski definition) is 1. The first-order valence-corrected chi connectivity index (χ1v) is 17.4. The smallest absolute Gasteiger partial charge is 0.257 e. The summed E-state index contributed by atoms with van der Waals surface area (Å²) in [6.07, 6.45) is 1.55. The average molecular weight is 680 g/mol. The maximum atomic E-state index is 14.1. The Morgan fingerprint density at radius 1 is 1.09 bits per heavy atom. The minimum absolute atomic E-state index is 0.0547. The number of amides is 2. The Kier molecular flexibility index (Phi) is 10.3. The van der Waals surface area contributed by atoms with Crippen molar-refractivity contribution >= 4 is 50.0 Å². The van der Waals surface area contributed by atoms with Gasteiger partial charge in [-0.05, 0) is 75.1 Å². The van der Waals surface area contributed by atoms with Crippen molar-refractivity contribution in [1.82, 2.24) is 18.7 Å². The van der Waals surface area contributed by atoms with E-state index in [1.54, 1.807) is 30.3 Å². The summed E-state index contributed by atoms with van der Waals surface area (Å²) in [6.45, 7) is 4.99. The van der Waals surface area contributed by atoms with Crippen LogP contribution >= 0.6 is 11.6 Å². The van der Waals surface area contributed by atoms with Gasteiger partial charge in [0.05, 0.1) is 23.4 Å². The highest BCUT2D eigenvalue weighted by Crippen LogP contribution is 2.32. The van der Waals surface area contributed by atoms with Gasteiger partial charge in [-0.2, -0.15) is 4.31 Å². The van der Waals surface area contributed by atoms with Gasteiger partial charge in [0.15, 0.2) is 0 Å². The number of carbonyl (C=O) groups is 2. The molecule has 47 heavy (non-hydrogen) atoms. The summed E-state index contributed by atoms with van der Waals surface area (Å²) in [7, 11) is 3.54. The number of carbonyl (C=O) groups excluding carboxylic acids is 2. The van der Waals surface area contributed by atoms with Gasteiger partial charge in [0.25, 0.3) is 5.91 Å². The minimum atomic E-state index is -3.83. The van der Waals surface area contributed by atoms with Crippen LogP contribution in [0, 0.1) is 5.92 Å². The highest BCUT2D eigenvalue weighted by Gasteiger charge is 2.35. The SMILES string of the molecule is C[C@@H]1CN([C@H](C)CN(C)C)C(=O)c2cc(NC(=O)Cc3cn(C)c4ccccc34)ccc2O[C@H]1CN(C)S(=O)(=O)c1ccc(Cl)cc1. The second kappa shape index (κ2) is 14.1. The molecular formula is C35H42ClN5O5S. The molecule has 0 saturated carbocycles. The van der Waals surface area contributed by atoms with Crippen LogP contribution in [-0.2, 0) is 28.3 Å². The molecule has 0 bridgehead atoms. The third-order valence-electron chi connectivity index (χ3n) is 8.60. The lowest BCUT2D eigenvalue weighted by molar-refractivity contribution is -0.115. The fraction of sp³-hybridized carbons (Fsp3) is 0.371. The number of anilines is 1. The van der Waals surface area contributed by atoms with Gasteiger partial charge < -0.3 is 24.4 Å². The van der Waals surface area contributed by atoms with E-state index in [1.165, 1.54) is 23.5 Å². The van der Waals surface area contributed by atoms with Crippen LogP contribution < -0.4 is 10.1 Å². The fourth-order valence-corrected chi connectivity index (χ4v) is 7.44. The number of ether oxygens (including phenoxy) is 1. The molecule has 0 radical (unpaired) electrons. The molecule has 1 aliphatic heterocycles. The first-order chi connectivity index (χ1) is 22.2. The van der Waals surface area contributed by atoms with Gasteiger partial charge in [-0.3, -0.25) is 9.59 Å². The van der Waals surface area contributed by atoms with Crippen LogP contribution in [-0.4, -0.2) is 91.8 Å². The van der Waals surface area contributed by atoms with Gasteiger partial charge in [-0.1, -0.05) is 36.7 Å². The van der Waals surface area contributed by atoms with Crippen LogP contribution in [0.5, 0.6) is 5.75 Å². The molecule has 10 nitrogen and oxygen atoms in total. The normalized spacial score (nSPS) is 17.7. The van der Waals surface area contributed by atoms with Gasteiger partial charge in [0.1, 0.15) is 11.9 Å². The monoisotopic (exact) mass is 679 g/mol. The van der Waals surface area contributed by atoms with Crippen LogP contribution in [0.4, 0.5) is 5.69 Å². The van der Waals surface area contributed by atoms with Crippen molar-refractivity contribution in [2.45, 2.75) is 37.3 Å². The Labute approximate surface area is 281 Å². The zero-order valence-corrected chi connectivity index (χ0v) is 29.2. The van der Waals surface area contributed by atoms with Gasteiger partial charge in [0.2, 0.25) is 15.9 Å². The van der Waals surface area contributed by atoms with E-state index < -0.39 is 16.1 Å². The number of nitrogens with zero attached hydrogens (tertiary/aromatic N) is 4. The van der Waals surface area contributed by atoms with Crippen molar-refractivity contribution in [3.8, 4) is 5.75 Å². The van der Waals surface area contributed by atoms with E-state index >= 15 is 0 Å². The molecule has 1 aliphatic rings. The van der Waals surface area contributed by atoms with Crippen molar-refractivity contribution < 1.29 is 22.7 Å². The number of nitrogens with one attached hydrogen (secondary N) is 1. The predicted octanol–water partition coefficient (Wildman–Crippen LogP) is 5.12. The molecule has 0 saturated heterocycles. The summed E-state index contributed by atoms with van der Waals surface area (Å²) in [5.74, 6) is -0.302. The highest BCUT2D eigenvalue weighted by molar-refractivity contribution is 7.89. The Hall–Kier alpha value is -3.90. The quantitative estimate of drug-likeness (QED) is 0.250. The Morgan fingerprint density at radius 3 is 2.49 bits per heavy atom. The number of aryl methyl sites for hydroxylation is 1. The van der Waals surface area contributed by atoms with E-state index in [0.29, 0.717) is 35.1 Å². The minimum Gasteiger partial charge on any atom is -0.488 e. The van der Waals surface area contributed by atoms with Crippen molar-refractivity contribution in [2.75, 3.05) is 46.1 Å². The first-order valence-electron chi connectivity index (χ1n) is 15.6. The highest BCUT2D eigenvalue weighted by atomic mass is 35.5. The van der Waals surface area contributed by atoms with E-state index in [9.17, 15) is 18.0 Å². The third-order valence-corrected chi connectivity index (χ3v) is 10.7. The predicted molar refractivity (Wildman–Crippen MR) is 186 cm³/mol. The molecule has 12 heteroatoms. The molecule has 250 valence electrons. The lowest BCUT2D eigenvalue weighted by atomic mass is 9.99. The molecule has 4 aromatic rings. The number of benzene rings is 3. The maximum absolute atomic E-state index is 14.1. The number of likely N-dealkylation sites (N-methyl/N-ethyl adjacent to an activating group) is 2. The zero-order valence-electron chi connectivity index (χ0n) is 27.6. The number of hydrogen-bond acceptors (Lipinski definition) is 6. The second-order valence-corrected chi connectivity index (χ2v) is 15.1. The second-order valence-electron chi connectivity index (χ2n) is 12.7. The summed E-state index contributed by atoms with van der Waals surface area (Å²) in [5, 5.41) is 4.42. The largest absolute Gasteiger partial charge is 0.488 e. The molecule has 0 spiro atoms. The van der Waals surface area contributed by atoms with E-state index in [1.807, 2.05) is 79.8 Å². The molecule has 5 rings (SSSR count). The Bertz CT molecular complexity index is 1870. The summed E-state index contributed by atoms with van der Waals surface area (Å²) in [4.78, 5) is 31.3. The van der Waals surface area contributed by atoms with E-state index in [2.05, 4.69) is 5.32 Å². The van der Waals surface area contributed by atoms with E-state index in [-0.39, 0.29) is 41.6 Å². The standard InChI is InChI=1S/C35H42ClN5O5S/c1-23-19-41(24(2)20-38(3)4)35(43)30-18-27(37-34(42)17-25-21-39(5)31-10-8-7-9-29(25)31)13-16-32(30)46-33(23)22-40(6)47(44,45)28-14-11-26(36)12-15-28/h7-16,18,21,23-24,33H,17,19-20,22H2,1-6H3,(H,37,42)/t23-,24-,33+/m1/s1. The molecular weight excluding hydrogens is 638 g/mol.